The fourth-order valence-corrected chi connectivity index (χ4v) is 5.01. The lowest BCUT2D eigenvalue weighted by Crippen LogP contribution is -2.18. The number of imidazole rings is 2. The number of nitrogens with one attached hydrogen (secondary N) is 2. The van der Waals surface area contributed by atoms with Crippen LogP contribution < -0.4 is 0 Å². The molecule has 6 aromatic rings. The number of halogens is 1. The molecule has 1 aliphatic rings. The molecule has 11 heteroatoms. The van der Waals surface area contributed by atoms with Crippen molar-refractivity contribution in [1.82, 2.24) is 49.6 Å². The van der Waals surface area contributed by atoms with E-state index >= 15 is 4.39 Å². The van der Waals surface area contributed by atoms with Gasteiger partial charge in [-0.2, -0.15) is 5.10 Å². The maximum atomic E-state index is 16.1. The second kappa shape index (κ2) is 8.56. The van der Waals surface area contributed by atoms with Crippen molar-refractivity contribution in [2.75, 3.05) is 13.1 Å². The van der Waals surface area contributed by atoms with E-state index in [2.05, 4.69) is 40.0 Å². The zero-order valence-electron chi connectivity index (χ0n) is 20.1. The van der Waals surface area contributed by atoms with Gasteiger partial charge in [-0.1, -0.05) is 0 Å². The monoisotopic (exact) mass is 494 g/mol. The van der Waals surface area contributed by atoms with Crippen molar-refractivity contribution in [3.05, 3.63) is 66.5 Å². The zero-order valence-corrected chi connectivity index (χ0v) is 20.1. The van der Waals surface area contributed by atoms with Crippen LogP contribution in [0.2, 0.25) is 0 Å². The van der Waals surface area contributed by atoms with Crippen LogP contribution in [0.4, 0.5) is 4.39 Å². The first-order valence-electron chi connectivity index (χ1n) is 12.2. The highest BCUT2D eigenvalue weighted by Gasteiger charge is 2.21. The lowest BCUT2D eigenvalue weighted by molar-refractivity contribution is 0.331. The Morgan fingerprint density at radius 2 is 1.97 bits per heavy atom. The molecule has 7 rings (SSSR count). The van der Waals surface area contributed by atoms with Crippen molar-refractivity contribution >= 4 is 22.1 Å². The Balaban J connectivity index is 1.31. The van der Waals surface area contributed by atoms with E-state index < -0.39 is 5.82 Å². The molecule has 0 aromatic carbocycles. The largest absolute Gasteiger partial charge is 0.336 e. The molecule has 184 valence electrons. The first-order chi connectivity index (χ1) is 18.1. The third-order valence-electron chi connectivity index (χ3n) is 6.80. The summed E-state index contributed by atoms with van der Waals surface area (Å²) in [6.45, 7) is 4.88. The van der Waals surface area contributed by atoms with Crippen molar-refractivity contribution in [1.29, 1.82) is 0 Å². The molecule has 0 unspecified atom stereocenters. The molecule has 0 atom stereocenters. The fourth-order valence-electron chi connectivity index (χ4n) is 5.01. The predicted molar refractivity (Wildman–Crippen MR) is 136 cm³/mol. The van der Waals surface area contributed by atoms with E-state index in [9.17, 15) is 0 Å². The molecule has 1 fully saturated rings. The van der Waals surface area contributed by atoms with Gasteiger partial charge >= 0.3 is 0 Å². The Kier molecular flexibility index (Phi) is 5.03. The minimum Gasteiger partial charge on any atom is -0.336 e. The molecule has 1 saturated heterocycles. The van der Waals surface area contributed by atoms with Crippen molar-refractivity contribution in [3.63, 3.8) is 0 Å². The minimum atomic E-state index is -0.419. The van der Waals surface area contributed by atoms with Gasteiger partial charge in [0.15, 0.2) is 17.3 Å². The van der Waals surface area contributed by atoms with Gasteiger partial charge in [-0.15, -0.1) is 0 Å². The Morgan fingerprint density at radius 1 is 1.08 bits per heavy atom. The minimum absolute atomic E-state index is 0.273. The lowest BCUT2D eigenvalue weighted by atomic mass is 10.0. The molecule has 2 N–H and O–H groups in total. The summed E-state index contributed by atoms with van der Waals surface area (Å²) in [4.78, 5) is 28.0. The van der Waals surface area contributed by atoms with E-state index in [4.69, 9.17) is 4.98 Å². The van der Waals surface area contributed by atoms with Crippen LogP contribution in [0, 0.1) is 12.7 Å². The van der Waals surface area contributed by atoms with E-state index in [0.29, 0.717) is 34.0 Å². The van der Waals surface area contributed by atoms with Gasteiger partial charge in [0.2, 0.25) is 0 Å². The van der Waals surface area contributed by atoms with Gasteiger partial charge in [-0.3, -0.25) is 19.5 Å². The third-order valence-corrected chi connectivity index (χ3v) is 6.80. The van der Waals surface area contributed by atoms with E-state index in [1.165, 1.54) is 19.0 Å². The van der Waals surface area contributed by atoms with Crippen LogP contribution in [0.25, 0.3) is 50.5 Å². The molecule has 6 aromatic heterocycles. The van der Waals surface area contributed by atoms with Crippen molar-refractivity contribution in [2.45, 2.75) is 26.3 Å². The van der Waals surface area contributed by atoms with Gasteiger partial charge < -0.3 is 4.98 Å². The van der Waals surface area contributed by atoms with Gasteiger partial charge in [0.05, 0.1) is 16.6 Å². The van der Waals surface area contributed by atoms with E-state index in [1.54, 1.807) is 18.7 Å². The Hall–Kier alpha value is -4.51. The number of aryl methyl sites for hydroxylation is 1. The molecule has 0 radical (unpaired) electrons. The van der Waals surface area contributed by atoms with Gasteiger partial charge in [0.1, 0.15) is 23.4 Å². The lowest BCUT2D eigenvalue weighted by Gasteiger charge is -2.15. The summed E-state index contributed by atoms with van der Waals surface area (Å²) in [6, 6.07) is 3.82. The van der Waals surface area contributed by atoms with Gasteiger partial charge in [0.25, 0.3) is 0 Å². The summed E-state index contributed by atoms with van der Waals surface area (Å²) in [7, 11) is 0. The molecule has 1 aliphatic heterocycles. The maximum absolute atomic E-state index is 16.1. The molecule has 0 bridgehead atoms. The van der Waals surface area contributed by atoms with Crippen LogP contribution in [0.3, 0.4) is 0 Å². The molecule has 0 amide bonds. The number of aromatic amines is 2. The molecule has 0 spiro atoms. The van der Waals surface area contributed by atoms with Gasteiger partial charge in [-0.25, -0.2) is 24.3 Å². The highest BCUT2D eigenvalue weighted by Crippen LogP contribution is 2.33. The zero-order chi connectivity index (χ0) is 24.9. The average Bonchev–Trinajstić information content (AvgIpc) is 3.70. The summed E-state index contributed by atoms with van der Waals surface area (Å²) in [5.74, 6) is 0.657. The van der Waals surface area contributed by atoms with Crippen LogP contribution in [0.5, 0.6) is 0 Å². The first-order valence-corrected chi connectivity index (χ1v) is 12.2. The maximum Gasteiger partial charge on any atom is 0.184 e. The molecule has 10 nitrogen and oxygen atoms in total. The van der Waals surface area contributed by atoms with Crippen LogP contribution in [0.1, 0.15) is 24.1 Å². The number of H-pyrrole nitrogens is 2. The quantitative estimate of drug-likeness (QED) is 0.369. The van der Waals surface area contributed by atoms with Crippen LogP contribution >= 0.6 is 0 Å². The molecular weight excluding hydrogens is 471 g/mol. The smallest absolute Gasteiger partial charge is 0.184 e. The van der Waals surface area contributed by atoms with E-state index in [-0.39, 0.29) is 11.0 Å². The summed E-state index contributed by atoms with van der Waals surface area (Å²) in [5.41, 5.74) is 5.08. The number of nitrogens with zero attached hydrogens (tertiary/aromatic N) is 8. The van der Waals surface area contributed by atoms with Crippen LogP contribution in [0.15, 0.2) is 49.4 Å². The molecule has 0 aliphatic carbocycles. The second-order valence-corrected chi connectivity index (χ2v) is 9.39. The van der Waals surface area contributed by atoms with Crippen LogP contribution in [-0.2, 0) is 6.54 Å². The van der Waals surface area contributed by atoms with Crippen molar-refractivity contribution < 1.29 is 4.39 Å². The van der Waals surface area contributed by atoms with Crippen molar-refractivity contribution in [3.8, 4) is 28.5 Å². The van der Waals surface area contributed by atoms with Gasteiger partial charge in [-0.05, 0) is 50.6 Å². The topological polar surface area (TPSA) is 117 Å². The highest BCUT2D eigenvalue weighted by atomic mass is 19.1. The Morgan fingerprint density at radius 3 is 2.81 bits per heavy atom. The van der Waals surface area contributed by atoms with Gasteiger partial charge in [0, 0.05) is 48.7 Å². The molecule has 7 heterocycles. The fraction of sp³-hybridized carbons (Fsp3) is 0.231. The molecule has 0 saturated carbocycles. The predicted octanol–water partition coefficient (Wildman–Crippen LogP) is 4.19. The van der Waals surface area contributed by atoms with E-state index in [0.717, 1.165) is 36.4 Å². The number of hydrogen-bond acceptors (Lipinski definition) is 7. The Bertz CT molecular complexity index is 1760. The normalized spacial score (nSPS) is 14.3. The SMILES string of the molecule is Cc1cn(-c2nccc3[nH]c(-c4[nH]nc5ncc(-c6cncc(CN7CCCC7)c6)c(F)c45)nc23)cn1. The van der Waals surface area contributed by atoms with Crippen molar-refractivity contribution in [2.24, 2.45) is 0 Å². The standard InChI is InChI=1S/C26H23FN10/c1-15-12-37(14-31-15)26-22-19(4-5-29-26)32-25(33-22)23-20-21(27)18(11-30-24(20)35-34-23)17-8-16(9-28-10-17)13-36-6-2-3-7-36/h4-5,8-12,14H,2-3,6-7,13H2,1H3,(H,32,33)(H,30,34,35). The number of rotatable bonds is 5. The summed E-state index contributed by atoms with van der Waals surface area (Å²) in [6.07, 6.45) is 12.7. The summed E-state index contributed by atoms with van der Waals surface area (Å²) >= 11 is 0. The van der Waals surface area contributed by atoms with E-state index in [1.807, 2.05) is 36.0 Å². The second-order valence-electron chi connectivity index (χ2n) is 9.39. The summed E-state index contributed by atoms with van der Waals surface area (Å²) < 4.78 is 17.9. The average molecular weight is 495 g/mol. The number of aromatic nitrogens is 9. The first kappa shape index (κ1) is 21.7. The number of fused-ring (bicyclic) bond motifs is 2. The number of hydrogen-bond donors (Lipinski definition) is 2. The third kappa shape index (κ3) is 3.75. The highest BCUT2D eigenvalue weighted by molar-refractivity contribution is 5.95. The van der Waals surface area contributed by atoms with Crippen LogP contribution in [-0.4, -0.2) is 62.7 Å². The Labute approximate surface area is 210 Å². The summed E-state index contributed by atoms with van der Waals surface area (Å²) in [5, 5.41) is 7.44. The number of likely N-dealkylation sites (tertiary alicyclic amines) is 1. The number of pyridine rings is 3. The molecular formula is C26H23FN10. The molecule has 37 heavy (non-hydrogen) atoms.